The second-order valence-electron chi connectivity index (χ2n) is 5.46. The Balaban J connectivity index is 2.10. The summed E-state index contributed by atoms with van der Waals surface area (Å²) in [6, 6.07) is 8.41. The minimum Gasteiger partial charge on any atom is -0.508 e. The van der Waals surface area contributed by atoms with Crippen LogP contribution in [0.2, 0.25) is 0 Å². The lowest BCUT2D eigenvalue weighted by molar-refractivity contribution is 0.0907. The molecule has 2 rings (SSSR count). The zero-order valence-electron chi connectivity index (χ0n) is 11.6. The second-order valence-corrected chi connectivity index (χ2v) is 5.46. The van der Waals surface area contributed by atoms with Crippen LogP contribution in [0.15, 0.2) is 24.3 Å². The Morgan fingerprint density at radius 2 is 1.65 bits per heavy atom. The van der Waals surface area contributed by atoms with Crippen molar-refractivity contribution in [1.29, 1.82) is 5.26 Å². The van der Waals surface area contributed by atoms with Gasteiger partial charge in [0.2, 0.25) is 0 Å². The first-order valence-corrected chi connectivity index (χ1v) is 7.18. The number of amides is 1. The van der Waals surface area contributed by atoms with Gasteiger partial charge < -0.3 is 10.4 Å². The first kappa shape index (κ1) is 14.4. The van der Waals surface area contributed by atoms with Crippen LogP contribution in [0.3, 0.4) is 0 Å². The minimum atomic E-state index is -0.741. The Morgan fingerprint density at radius 3 is 2.20 bits per heavy atom. The first-order chi connectivity index (χ1) is 9.65. The van der Waals surface area contributed by atoms with E-state index in [9.17, 15) is 15.2 Å². The molecule has 0 unspecified atom stereocenters. The number of hydrogen-bond donors (Lipinski definition) is 2. The Hall–Kier alpha value is -2.02. The molecular formula is C16H20N2O2. The number of hydrogen-bond acceptors (Lipinski definition) is 3. The topological polar surface area (TPSA) is 73.1 Å². The lowest BCUT2D eigenvalue weighted by atomic mass is 9.85. The Bertz CT molecular complexity index is 494. The van der Waals surface area contributed by atoms with E-state index in [0.717, 1.165) is 25.7 Å². The summed E-state index contributed by atoms with van der Waals surface area (Å²) in [6.07, 6.45) is 6.85. The summed E-state index contributed by atoms with van der Waals surface area (Å²) in [5.41, 5.74) is -0.269. The normalized spacial score (nSPS) is 18.4. The fraction of sp³-hybridized carbons (Fsp3) is 0.500. The Labute approximate surface area is 119 Å². The van der Waals surface area contributed by atoms with Gasteiger partial charge in [-0.05, 0) is 37.1 Å². The highest BCUT2D eigenvalue weighted by atomic mass is 16.3. The lowest BCUT2D eigenvalue weighted by Crippen LogP contribution is -2.47. The van der Waals surface area contributed by atoms with Crippen LogP contribution in [0.5, 0.6) is 5.75 Å². The highest BCUT2D eigenvalue weighted by Gasteiger charge is 2.32. The maximum atomic E-state index is 12.2. The van der Waals surface area contributed by atoms with Crippen molar-refractivity contribution < 1.29 is 9.90 Å². The van der Waals surface area contributed by atoms with E-state index in [1.165, 1.54) is 18.6 Å². The van der Waals surface area contributed by atoms with E-state index in [2.05, 4.69) is 11.4 Å². The first-order valence-electron chi connectivity index (χ1n) is 7.18. The number of aromatic hydroxyl groups is 1. The van der Waals surface area contributed by atoms with E-state index in [1.54, 1.807) is 12.1 Å². The molecule has 1 aliphatic carbocycles. The van der Waals surface area contributed by atoms with Crippen LogP contribution in [0.4, 0.5) is 0 Å². The molecule has 0 bridgehead atoms. The number of rotatable bonds is 2. The summed E-state index contributed by atoms with van der Waals surface area (Å²) in [5.74, 6) is -0.116. The number of nitrogens with one attached hydrogen (secondary N) is 1. The molecule has 1 fully saturated rings. The lowest BCUT2D eigenvalue weighted by Gasteiger charge is -2.29. The molecule has 0 saturated heterocycles. The van der Waals surface area contributed by atoms with Gasteiger partial charge in [0, 0.05) is 5.56 Å². The van der Waals surface area contributed by atoms with E-state index < -0.39 is 5.54 Å². The zero-order chi connectivity index (χ0) is 14.4. The van der Waals surface area contributed by atoms with E-state index in [0.29, 0.717) is 18.4 Å². The van der Waals surface area contributed by atoms with Gasteiger partial charge in [0.1, 0.15) is 11.3 Å². The molecule has 20 heavy (non-hydrogen) atoms. The van der Waals surface area contributed by atoms with Crippen molar-refractivity contribution in [3.63, 3.8) is 0 Å². The Kier molecular flexibility index (Phi) is 4.62. The van der Waals surface area contributed by atoms with Crippen molar-refractivity contribution in [2.75, 3.05) is 0 Å². The SMILES string of the molecule is N#CC1(NC(=O)c2ccc(O)cc2)CCCCCCC1. The van der Waals surface area contributed by atoms with E-state index in [4.69, 9.17) is 0 Å². The average molecular weight is 272 g/mol. The van der Waals surface area contributed by atoms with Crippen molar-refractivity contribution in [1.82, 2.24) is 5.32 Å². The fourth-order valence-electron chi connectivity index (χ4n) is 2.68. The summed E-state index contributed by atoms with van der Waals surface area (Å²) >= 11 is 0. The molecule has 1 aromatic rings. The van der Waals surface area contributed by atoms with Gasteiger partial charge in [0.15, 0.2) is 0 Å². The molecule has 0 spiro atoms. The number of carbonyl (C=O) groups is 1. The number of nitriles is 1. The highest BCUT2D eigenvalue weighted by molar-refractivity contribution is 5.95. The molecule has 106 valence electrons. The van der Waals surface area contributed by atoms with E-state index in [-0.39, 0.29) is 11.7 Å². The molecule has 1 saturated carbocycles. The molecule has 0 heterocycles. The van der Waals surface area contributed by atoms with Gasteiger partial charge in [-0.15, -0.1) is 0 Å². The molecule has 1 aromatic carbocycles. The third-order valence-electron chi connectivity index (χ3n) is 3.90. The van der Waals surface area contributed by atoms with E-state index >= 15 is 0 Å². The molecule has 0 atom stereocenters. The maximum Gasteiger partial charge on any atom is 0.252 e. The summed E-state index contributed by atoms with van der Waals surface area (Å²) in [5, 5.41) is 21.6. The zero-order valence-corrected chi connectivity index (χ0v) is 11.6. The van der Waals surface area contributed by atoms with Crippen LogP contribution in [0.25, 0.3) is 0 Å². The van der Waals surface area contributed by atoms with Gasteiger partial charge in [-0.1, -0.05) is 32.1 Å². The Morgan fingerprint density at radius 1 is 1.10 bits per heavy atom. The van der Waals surface area contributed by atoms with Gasteiger partial charge in [-0.3, -0.25) is 4.79 Å². The number of nitrogens with zero attached hydrogens (tertiary/aromatic N) is 1. The number of benzene rings is 1. The van der Waals surface area contributed by atoms with Gasteiger partial charge >= 0.3 is 0 Å². The summed E-state index contributed by atoms with van der Waals surface area (Å²) < 4.78 is 0. The minimum absolute atomic E-state index is 0.127. The van der Waals surface area contributed by atoms with Gasteiger partial charge in [-0.2, -0.15) is 5.26 Å². The van der Waals surface area contributed by atoms with Crippen LogP contribution in [0.1, 0.15) is 55.3 Å². The molecule has 0 aliphatic heterocycles. The van der Waals surface area contributed by atoms with Crippen LogP contribution < -0.4 is 5.32 Å². The van der Waals surface area contributed by atoms with Crippen molar-refractivity contribution in [3.05, 3.63) is 29.8 Å². The molecule has 4 nitrogen and oxygen atoms in total. The number of carbonyl (C=O) groups excluding carboxylic acids is 1. The molecular weight excluding hydrogens is 252 g/mol. The van der Waals surface area contributed by atoms with Gasteiger partial charge in [0.25, 0.3) is 5.91 Å². The molecule has 0 aromatic heterocycles. The van der Waals surface area contributed by atoms with Crippen molar-refractivity contribution in [2.24, 2.45) is 0 Å². The quantitative estimate of drug-likeness (QED) is 0.868. The fourth-order valence-corrected chi connectivity index (χ4v) is 2.68. The molecule has 1 aliphatic rings. The highest BCUT2D eigenvalue weighted by Crippen LogP contribution is 2.26. The van der Waals surface area contributed by atoms with Crippen molar-refractivity contribution in [3.8, 4) is 11.8 Å². The smallest absolute Gasteiger partial charge is 0.252 e. The second kappa shape index (κ2) is 6.42. The van der Waals surface area contributed by atoms with E-state index in [1.807, 2.05) is 0 Å². The van der Waals surface area contributed by atoms with Crippen molar-refractivity contribution >= 4 is 5.91 Å². The number of phenolic OH excluding ortho intramolecular Hbond substituents is 1. The maximum absolute atomic E-state index is 12.2. The monoisotopic (exact) mass is 272 g/mol. The third kappa shape index (κ3) is 3.51. The summed E-state index contributed by atoms with van der Waals surface area (Å²) in [6.45, 7) is 0. The number of phenols is 1. The average Bonchev–Trinajstić information content (AvgIpc) is 2.43. The van der Waals surface area contributed by atoms with Gasteiger partial charge in [0.05, 0.1) is 6.07 Å². The molecule has 2 N–H and O–H groups in total. The summed E-state index contributed by atoms with van der Waals surface area (Å²) in [7, 11) is 0. The van der Waals surface area contributed by atoms with Crippen molar-refractivity contribution in [2.45, 2.75) is 50.5 Å². The largest absolute Gasteiger partial charge is 0.508 e. The van der Waals surface area contributed by atoms with Crippen LogP contribution in [-0.4, -0.2) is 16.6 Å². The predicted molar refractivity (Wildman–Crippen MR) is 76.2 cm³/mol. The molecule has 1 amide bonds. The summed E-state index contributed by atoms with van der Waals surface area (Å²) in [4.78, 5) is 12.2. The van der Waals surface area contributed by atoms with Crippen LogP contribution in [-0.2, 0) is 0 Å². The van der Waals surface area contributed by atoms with Gasteiger partial charge in [-0.25, -0.2) is 0 Å². The predicted octanol–water partition coefficient (Wildman–Crippen LogP) is 3.13. The standard InChI is InChI=1S/C16H20N2O2/c17-12-16(10-4-2-1-3-5-11-16)18-15(20)13-6-8-14(19)9-7-13/h6-9,19H,1-5,10-11H2,(H,18,20). The molecule has 4 heteroatoms. The van der Waals surface area contributed by atoms with Crippen LogP contribution >= 0.6 is 0 Å². The third-order valence-corrected chi connectivity index (χ3v) is 3.90. The van der Waals surface area contributed by atoms with Crippen LogP contribution in [0, 0.1) is 11.3 Å². The molecule has 0 radical (unpaired) electrons.